The predicted molar refractivity (Wildman–Crippen MR) is 58.6 cm³/mol. The summed E-state index contributed by atoms with van der Waals surface area (Å²) in [5.41, 5.74) is 0.00407. The van der Waals surface area contributed by atoms with Crippen LogP contribution in [0.4, 0.5) is 0 Å². The molecule has 4 heteroatoms. The molecular weight excluding hydrogens is 190 g/mol. The lowest BCUT2D eigenvalue weighted by Crippen LogP contribution is -2.49. The lowest BCUT2D eigenvalue weighted by Gasteiger charge is -2.03. The molecule has 15 heavy (non-hydrogen) atoms. The second kappa shape index (κ2) is 4.38. The highest BCUT2D eigenvalue weighted by molar-refractivity contribution is 5.33. The van der Waals surface area contributed by atoms with Gasteiger partial charge in [0.2, 0.25) is 0 Å². The fraction of sp³-hybridized carbons (Fsp3) is 0.545. The Hall–Kier alpha value is -1.45. The van der Waals surface area contributed by atoms with Crippen LogP contribution in [0.3, 0.4) is 0 Å². The zero-order valence-corrected chi connectivity index (χ0v) is 8.94. The Labute approximate surface area is 87.9 Å². The van der Waals surface area contributed by atoms with E-state index < -0.39 is 0 Å². The van der Waals surface area contributed by atoms with Crippen molar-refractivity contribution in [2.45, 2.75) is 39.2 Å². The van der Waals surface area contributed by atoms with Gasteiger partial charge in [0.1, 0.15) is 0 Å². The molecule has 0 saturated carbocycles. The van der Waals surface area contributed by atoms with Crippen molar-refractivity contribution in [1.82, 2.24) is 15.0 Å². The van der Waals surface area contributed by atoms with Crippen LogP contribution in [0, 0.1) is 0 Å². The number of fused-ring (bicyclic) bond motifs is 1. The number of nitrogens with zero attached hydrogens (tertiary/aromatic N) is 3. The summed E-state index contributed by atoms with van der Waals surface area (Å²) in [5, 5.41) is 9.47. The number of aryl methyl sites for hydroxylation is 1. The summed E-state index contributed by atoms with van der Waals surface area (Å²) < 4.78 is 1.47. The van der Waals surface area contributed by atoms with Crippen LogP contribution in [0.2, 0.25) is 0 Å². The molecule has 0 amide bonds. The van der Waals surface area contributed by atoms with Gasteiger partial charge in [-0.15, -0.1) is 5.10 Å². The van der Waals surface area contributed by atoms with Gasteiger partial charge >= 0.3 is 0 Å². The minimum Gasteiger partial charge on any atom is -0.267 e. The van der Waals surface area contributed by atoms with Crippen LogP contribution in [0.1, 0.15) is 32.6 Å². The van der Waals surface area contributed by atoms with Crippen molar-refractivity contribution in [1.29, 1.82) is 0 Å². The van der Waals surface area contributed by atoms with E-state index in [1.54, 1.807) is 0 Å². The molecule has 1 aromatic heterocycles. The standard InChI is InChI=1S/C11H15N3O/c1-2-3-8-14-11(15)9-6-4-5-7-10(9)12-13-14/h6-7H,2-5,8H2,1H3. The van der Waals surface area contributed by atoms with Gasteiger partial charge in [0, 0.05) is 6.54 Å². The van der Waals surface area contributed by atoms with Crippen molar-refractivity contribution >= 4 is 12.2 Å². The smallest absolute Gasteiger partial charge is 0.267 e. The molecule has 1 aromatic rings. The van der Waals surface area contributed by atoms with Crippen molar-refractivity contribution < 1.29 is 0 Å². The molecule has 0 radical (unpaired) electrons. The van der Waals surface area contributed by atoms with Crippen LogP contribution in [-0.2, 0) is 6.54 Å². The summed E-state index contributed by atoms with van der Waals surface area (Å²) in [7, 11) is 0. The van der Waals surface area contributed by atoms with E-state index >= 15 is 0 Å². The number of rotatable bonds is 3. The monoisotopic (exact) mass is 205 g/mol. The molecule has 1 heterocycles. The fourth-order valence-corrected chi connectivity index (χ4v) is 1.69. The largest absolute Gasteiger partial charge is 0.277 e. The molecule has 2 rings (SSSR count). The summed E-state index contributed by atoms with van der Waals surface area (Å²) in [6.07, 6.45) is 7.86. The third-order valence-corrected chi connectivity index (χ3v) is 2.58. The maximum absolute atomic E-state index is 11.9. The summed E-state index contributed by atoms with van der Waals surface area (Å²) in [6, 6.07) is 0. The first kappa shape index (κ1) is 10.1. The normalized spacial score (nSPS) is 13.9. The number of unbranched alkanes of at least 4 members (excludes halogenated alkanes) is 1. The Morgan fingerprint density at radius 3 is 3.00 bits per heavy atom. The van der Waals surface area contributed by atoms with E-state index in [9.17, 15) is 4.79 Å². The van der Waals surface area contributed by atoms with Gasteiger partial charge in [-0.05, 0) is 19.3 Å². The minimum absolute atomic E-state index is 0.00407. The Morgan fingerprint density at radius 1 is 1.40 bits per heavy atom. The third-order valence-electron chi connectivity index (χ3n) is 2.58. The topological polar surface area (TPSA) is 47.8 Å². The molecule has 0 N–H and O–H groups in total. The van der Waals surface area contributed by atoms with E-state index in [1.165, 1.54) is 4.68 Å². The maximum atomic E-state index is 11.9. The number of hydrogen-bond donors (Lipinski definition) is 0. The lowest BCUT2D eigenvalue weighted by atomic mass is 10.2. The van der Waals surface area contributed by atoms with E-state index in [0.29, 0.717) is 6.54 Å². The average Bonchev–Trinajstić information content (AvgIpc) is 2.29. The fourth-order valence-electron chi connectivity index (χ4n) is 1.69. The van der Waals surface area contributed by atoms with Gasteiger partial charge in [0.05, 0.1) is 10.6 Å². The zero-order chi connectivity index (χ0) is 10.7. The molecule has 0 aliphatic heterocycles. The third kappa shape index (κ3) is 1.98. The zero-order valence-electron chi connectivity index (χ0n) is 8.94. The summed E-state index contributed by atoms with van der Waals surface area (Å²) in [4.78, 5) is 11.9. The van der Waals surface area contributed by atoms with Gasteiger partial charge in [-0.25, -0.2) is 4.68 Å². The van der Waals surface area contributed by atoms with E-state index in [1.807, 2.05) is 12.2 Å². The Balaban J connectivity index is 2.50. The summed E-state index contributed by atoms with van der Waals surface area (Å²) >= 11 is 0. The second-order valence-corrected chi connectivity index (χ2v) is 3.76. The van der Waals surface area contributed by atoms with Crippen molar-refractivity contribution in [2.75, 3.05) is 0 Å². The molecule has 0 unspecified atom stereocenters. The Morgan fingerprint density at radius 2 is 2.20 bits per heavy atom. The first-order chi connectivity index (χ1) is 7.33. The number of aromatic nitrogens is 3. The molecule has 1 aliphatic rings. The van der Waals surface area contributed by atoms with Crippen LogP contribution in [-0.4, -0.2) is 15.0 Å². The van der Waals surface area contributed by atoms with E-state index in [2.05, 4.69) is 17.2 Å². The van der Waals surface area contributed by atoms with Gasteiger partial charge in [0.25, 0.3) is 5.56 Å². The summed E-state index contributed by atoms with van der Waals surface area (Å²) in [5.74, 6) is 0. The predicted octanol–water partition coefficient (Wildman–Crippen LogP) is -0.207. The van der Waals surface area contributed by atoms with Gasteiger partial charge in [-0.1, -0.05) is 30.7 Å². The molecule has 80 valence electrons. The van der Waals surface area contributed by atoms with E-state index in [0.717, 1.165) is 36.3 Å². The first-order valence-electron chi connectivity index (χ1n) is 5.47. The average molecular weight is 205 g/mol. The van der Waals surface area contributed by atoms with Crippen LogP contribution in [0.15, 0.2) is 4.79 Å². The summed E-state index contributed by atoms with van der Waals surface area (Å²) in [6.45, 7) is 2.76. The van der Waals surface area contributed by atoms with Gasteiger partial charge in [-0.2, -0.15) is 0 Å². The second-order valence-electron chi connectivity index (χ2n) is 3.76. The van der Waals surface area contributed by atoms with Crippen molar-refractivity contribution in [3.05, 3.63) is 20.9 Å². The molecule has 0 aromatic carbocycles. The molecular formula is C11H15N3O. The molecule has 0 saturated heterocycles. The molecule has 0 spiro atoms. The van der Waals surface area contributed by atoms with Gasteiger partial charge in [-0.3, -0.25) is 4.79 Å². The van der Waals surface area contributed by atoms with Gasteiger partial charge in [0.15, 0.2) is 0 Å². The van der Waals surface area contributed by atoms with Crippen molar-refractivity contribution in [3.63, 3.8) is 0 Å². The molecule has 0 atom stereocenters. The Kier molecular flexibility index (Phi) is 2.94. The van der Waals surface area contributed by atoms with E-state index in [-0.39, 0.29) is 5.56 Å². The van der Waals surface area contributed by atoms with Crippen LogP contribution in [0.25, 0.3) is 12.2 Å². The van der Waals surface area contributed by atoms with E-state index in [4.69, 9.17) is 0 Å². The maximum Gasteiger partial charge on any atom is 0.277 e. The highest BCUT2D eigenvalue weighted by Gasteiger charge is 2.03. The lowest BCUT2D eigenvalue weighted by molar-refractivity contribution is 0.504. The minimum atomic E-state index is 0.00407. The van der Waals surface area contributed by atoms with Gasteiger partial charge < -0.3 is 0 Å². The molecule has 0 fully saturated rings. The van der Waals surface area contributed by atoms with Crippen LogP contribution >= 0.6 is 0 Å². The molecule has 1 aliphatic carbocycles. The van der Waals surface area contributed by atoms with Crippen molar-refractivity contribution in [3.8, 4) is 0 Å². The van der Waals surface area contributed by atoms with Crippen LogP contribution in [0.5, 0.6) is 0 Å². The first-order valence-corrected chi connectivity index (χ1v) is 5.47. The SMILES string of the molecule is CCCCn1nnc2c(c1=O)=CCCC=2. The Bertz CT molecular complexity index is 516. The van der Waals surface area contributed by atoms with Crippen LogP contribution < -0.4 is 16.1 Å². The number of hydrogen-bond acceptors (Lipinski definition) is 3. The quantitative estimate of drug-likeness (QED) is 0.686. The van der Waals surface area contributed by atoms with Crippen molar-refractivity contribution in [2.24, 2.45) is 0 Å². The molecule has 4 nitrogen and oxygen atoms in total. The highest BCUT2D eigenvalue weighted by atomic mass is 16.1. The highest BCUT2D eigenvalue weighted by Crippen LogP contribution is 1.92. The molecule has 0 bridgehead atoms.